The minimum absolute atomic E-state index is 0.0566. The van der Waals surface area contributed by atoms with Gasteiger partial charge in [0.25, 0.3) is 0 Å². The lowest BCUT2D eigenvalue weighted by molar-refractivity contribution is -0.799. The van der Waals surface area contributed by atoms with E-state index in [9.17, 15) is 4.79 Å². The van der Waals surface area contributed by atoms with E-state index in [1.165, 1.54) is 0 Å². The number of amides is 1. The van der Waals surface area contributed by atoms with Gasteiger partial charge in [0.1, 0.15) is 12.6 Å². The maximum absolute atomic E-state index is 12.9. The second kappa shape index (κ2) is 6.67. The minimum Gasteiger partial charge on any atom is -0.265 e. The summed E-state index contributed by atoms with van der Waals surface area (Å²) in [7, 11) is 0. The fourth-order valence-electron chi connectivity index (χ4n) is 2.98. The smallest absolute Gasteiger partial charge is 0.265 e. The molecule has 2 unspecified atom stereocenters. The van der Waals surface area contributed by atoms with Crippen molar-refractivity contribution in [2.45, 2.75) is 25.9 Å². The molecular formula is C19H19N3O+. The zero-order valence-corrected chi connectivity index (χ0v) is 13.1. The van der Waals surface area contributed by atoms with Crippen molar-refractivity contribution in [3.63, 3.8) is 0 Å². The van der Waals surface area contributed by atoms with E-state index in [4.69, 9.17) is 0 Å². The molecule has 4 heteroatoms. The molecule has 1 aliphatic heterocycles. The van der Waals surface area contributed by atoms with Crippen molar-refractivity contribution < 1.29 is 9.28 Å². The van der Waals surface area contributed by atoms with E-state index in [1.807, 2.05) is 55.5 Å². The molecule has 0 N–H and O–H groups in total. The number of aliphatic imine (C=N–C) groups is 1. The second-order valence-electron chi connectivity index (χ2n) is 5.56. The van der Waals surface area contributed by atoms with Crippen LogP contribution in [0.5, 0.6) is 0 Å². The number of rotatable bonds is 4. The van der Waals surface area contributed by atoms with Crippen molar-refractivity contribution in [3.05, 3.63) is 78.3 Å². The Balaban J connectivity index is 2.07. The summed E-state index contributed by atoms with van der Waals surface area (Å²) in [5.41, 5.74) is 2.13. The second-order valence-corrected chi connectivity index (χ2v) is 5.56. The van der Waals surface area contributed by atoms with Crippen LogP contribution in [0.15, 0.2) is 72.1 Å². The summed E-state index contributed by atoms with van der Waals surface area (Å²) in [6, 6.07) is 13.8. The summed E-state index contributed by atoms with van der Waals surface area (Å²) in [5, 5.41) is 0. The first-order valence-corrected chi connectivity index (χ1v) is 7.75. The Bertz CT molecular complexity index is 725. The zero-order valence-electron chi connectivity index (χ0n) is 13.1. The van der Waals surface area contributed by atoms with Gasteiger partial charge in [-0.2, -0.15) is 9.48 Å². The van der Waals surface area contributed by atoms with Gasteiger partial charge in [-0.15, -0.1) is 0 Å². The molecule has 2 aromatic rings. The molecule has 0 bridgehead atoms. The van der Waals surface area contributed by atoms with Crippen LogP contribution in [0.3, 0.4) is 0 Å². The highest BCUT2D eigenvalue weighted by atomic mass is 16.2. The molecule has 2 heterocycles. The summed E-state index contributed by atoms with van der Waals surface area (Å²) in [4.78, 5) is 21.1. The van der Waals surface area contributed by atoms with E-state index in [0.29, 0.717) is 13.0 Å². The van der Waals surface area contributed by atoms with Crippen LogP contribution in [-0.2, 0) is 11.3 Å². The third kappa shape index (κ3) is 2.98. The van der Waals surface area contributed by atoms with Crippen LogP contribution < -0.4 is 0 Å². The average Bonchev–Trinajstić information content (AvgIpc) is 2.63. The van der Waals surface area contributed by atoms with Crippen LogP contribution in [0.1, 0.15) is 30.5 Å². The van der Waals surface area contributed by atoms with Crippen molar-refractivity contribution in [1.82, 2.24) is 4.98 Å². The summed E-state index contributed by atoms with van der Waals surface area (Å²) in [6.07, 6.45) is 10.7. The van der Waals surface area contributed by atoms with Crippen molar-refractivity contribution in [2.24, 2.45) is 4.99 Å². The molecule has 4 nitrogen and oxygen atoms in total. The predicted molar refractivity (Wildman–Crippen MR) is 89.3 cm³/mol. The summed E-state index contributed by atoms with van der Waals surface area (Å²) in [6.45, 7) is 2.40. The summed E-state index contributed by atoms with van der Waals surface area (Å²) >= 11 is 0. The van der Waals surface area contributed by atoms with E-state index in [1.54, 1.807) is 18.6 Å². The van der Waals surface area contributed by atoms with Crippen molar-refractivity contribution in [2.75, 3.05) is 0 Å². The third-order valence-corrected chi connectivity index (χ3v) is 4.12. The molecule has 0 saturated heterocycles. The molecule has 1 radical (unpaired) electrons. The number of hydrogen-bond donors (Lipinski definition) is 0. The molecule has 1 aliphatic rings. The number of nitrogens with zero attached hydrogens (tertiary/aromatic N) is 3. The molecule has 0 saturated carbocycles. The quantitative estimate of drug-likeness (QED) is 0.811. The molecule has 115 valence electrons. The van der Waals surface area contributed by atoms with Gasteiger partial charge < -0.3 is 0 Å². The molecule has 3 rings (SSSR count). The highest BCUT2D eigenvalue weighted by Crippen LogP contribution is 2.34. The van der Waals surface area contributed by atoms with E-state index in [-0.39, 0.29) is 16.4 Å². The maximum Gasteiger partial charge on any atom is 0.321 e. The van der Waals surface area contributed by atoms with Gasteiger partial charge in [-0.1, -0.05) is 37.3 Å². The highest BCUT2D eigenvalue weighted by Gasteiger charge is 2.44. The fourth-order valence-corrected chi connectivity index (χ4v) is 2.98. The third-order valence-electron chi connectivity index (χ3n) is 4.12. The van der Waals surface area contributed by atoms with Crippen LogP contribution >= 0.6 is 0 Å². The molecule has 1 aromatic carbocycles. The SMILES string of the molecule is CCC(=O)[N+]1(Cc2ccncc2)[C]=NC=CC1c1ccccc1. The molecule has 2 atom stereocenters. The van der Waals surface area contributed by atoms with Gasteiger partial charge >= 0.3 is 12.2 Å². The van der Waals surface area contributed by atoms with Gasteiger partial charge in [0.15, 0.2) is 0 Å². The molecule has 0 spiro atoms. The average molecular weight is 305 g/mol. The molecule has 1 amide bonds. The standard InChI is InChI=1S/C19H19N3O/c1-2-19(23)22(14-16-8-11-20-12-9-16)15-21-13-10-18(22)17-6-4-3-5-7-17/h3-13,18H,2,14H2,1H3/q+1. The molecule has 23 heavy (non-hydrogen) atoms. The first-order valence-electron chi connectivity index (χ1n) is 7.75. The van der Waals surface area contributed by atoms with Gasteiger partial charge in [-0.3, -0.25) is 4.98 Å². The van der Waals surface area contributed by atoms with Gasteiger partial charge in [-0.05, 0) is 18.2 Å². The van der Waals surface area contributed by atoms with Gasteiger partial charge in [0.05, 0.1) is 6.42 Å². The van der Waals surface area contributed by atoms with Gasteiger partial charge in [0.2, 0.25) is 0 Å². The minimum atomic E-state index is -0.116. The van der Waals surface area contributed by atoms with Crippen LogP contribution in [0.4, 0.5) is 0 Å². The van der Waals surface area contributed by atoms with Crippen LogP contribution in [0.25, 0.3) is 0 Å². The Labute approximate surface area is 136 Å². The zero-order chi connectivity index (χ0) is 16.1. The highest BCUT2D eigenvalue weighted by molar-refractivity contribution is 5.78. The van der Waals surface area contributed by atoms with Crippen molar-refractivity contribution in [3.8, 4) is 0 Å². The van der Waals surface area contributed by atoms with E-state index in [0.717, 1.165) is 11.1 Å². The largest absolute Gasteiger partial charge is 0.321 e. The van der Waals surface area contributed by atoms with Gasteiger partial charge in [-0.25, -0.2) is 4.79 Å². The number of benzene rings is 1. The molecular weight excluding hydrogens is 286 g/mol. The lowest BCUT2D eigenvalue weighted by atomic mass is 10.00. The molecule has 0 aliphatic carbocycles. The van der Waals surface area contributed by atoms with Crippen molar-refractivity contribution >= 4 is 12.2 Å². The molecule has 1 aromatic heterocycles. The molecule has 0 fully saturated rings. The Kier molecular flexibility index (Phi) is 4.44. The number of carbonyl (C=O) groups is 1. The lowest BCUT2D eigenvalue weighted by Crippen LogP contribution is -2.53. The number of aromatic nitrogens is 1. The summed E-state index contributed by atoms with van der Waals surface area (Å²) < 4.78 is 0.0566. The first-order chi connectivity index (χ1) is 11.3. The summed E-state index contributed by atoms with van der Waals surface area (Å²) in [5.74, 6) is 0.101. The number of pyridine rings is 1. The van der Waals surface area contributed by atoms with E-state index in [2.05, 4.69) is 16.3 Å². The predicted octanol–water partition coefficient (Wildman–Crippen LogP) is 3.51. The maximum atomic E-state index is 12.9. The van der Waals surface area contributed by atoms with Gasteiger partial charge in [0, 0.05) is 29.7 Å². The number of quaternary nitrogens is 1. The monoisotopic (exact) mass is 305 g/mol. The lowest BCUT2D eigenvalue weighted by Gasteiger charge is -2.37. The Morgan fingerprint density at radius 1 is 1.17 bits per heavy atom. The van der Waals surface area contributed by atoms with Crippen molar-refractivity contribution in [1.29, 1.82) is 0 Å². The Morgan fingerprint density at radius 3 is 2.61 bits per heavy atom. The van der Waals surface area contributed by atoms with E-state index < -0.39 is 0 Å². The van der Waals surface area contributed by atoms with Crippen LogP contribution in [-0.4, -0.2) is 21.7 Å². The number of hydrogen-bond acceptors (Lipinski definition) is 3. The van der Waals surface area contributed by atoms with Crippen LogP contribution in [0, 0.1) is 0 Å². The normalized spacial score (nSPS) is 22.9. The first kappa shape index (κ1) is 15.3. The van der Waals surface area contributed by atoms with Crippen LogP contribution in [0.2, 0.25) is 0 Å². The number of carbonyl (C=O) groups excluding carboxylic acids is 1. The fraction of sp³-hybridized carbons (Fsp3) is 0.211. The Morgan fingerprint density at radius 2 is 1.91 bits per heavy atom. The van der Waals surface area contributed by atoms with E-state index >= 15 is 0 Å². The Hall–Kier alpha value is -2.59. The topological polar surface area (TPSA) is 42.3 Å².